The predicted molar refractivity (Wildman–Crippen MR) is 187 cm³/mol. The molecule has 8 bridgehead atoms. The van der Waals surface area contributed by atoms with Gasteiger partial charge in [0.05, 0.1) is 34.9 Å². The number of rotatable bonds is 10. The van der Waals surface area contributed by atoms with Crippen LogP contribution in [0.25, 0.3) is 46.4 Å². The molecule has 230 valence electrons. The van der Waals surface area contributed by atoms with Crippen LogP contribution in [0, 0.1) is 20.8 Å². The molecule has 1 aromatic carbocycles. The molecule has 0 saturated heterocycles. The van der Waals surface area contributed by atoms with E-state index in [1.165, 1.54) is 5.56 Å². The average Bonchev–Trinajstić information content (AvgIpc) is 3.89. The molecule has 0 saturated carbocycles. The number of nitrogens with one attached hydrogen (secondary N) is 2. The van der Waals surface area contributed by atoms with E-state index < -0.39 is 0 Å². The molecule has 0 atom stereocenters. The maximum atomic E-state index is 12.0. The number of aryl methyl sites for hydroxylation is 3. The summed E-state index contributed by atoms with van der Waals surface area (Å²) in [6.07, 6.45) is 12.2. The number of carbonyl (C=O) groups excluding carboxylic acids is 1. The van der Waals surface area contributed by atoms with Crippen LogP contribution in [0.5, 0.6) is 5.75 Å². The molecule has 3 aromatic heterocycles. The number of H-pyrrole nitrogens is 2. The molecule has 2 N–H and O–H groups in total. The molecule has 0 aliphatic carbocycles. The highest BCUT2D eigenvalue weighted by atomic mass is 32.1. The topological polar surface area (TPSA) is 92.9 Å². The lowest BCUT2D eigenvalue weighted by Crippen LogP contribution is -2.07. The van der Waals surface area contributed by atoms with Crippen molar-refractivity contribution in [3.63, 3.8) is 0 Å². The van der Waals surface area contributed by atoms with Crippen LogP contribution in [0.4, 0.5) is 0 Å². The Morgan fingerprint density at radius 1 is 0.667 bits per heavy atom. The highest BCUT2D eigenvalue weighted by Crippen LogP contribution is 2.27. The first-order valence-electron chi connectivity index (χ1n) is 15.5. The van der Waals surface area contributed by atoms with Gasteiger partial charge in [-0.25, -0.2) is 14.8 Å². The number of hydrogen-bond acceptors (Lipinski definition) is 6. The first-order chi connectivity index (χ1) is 21.9. The number of nitrogens with zero attached hydrogens (tertiary/aromatic N) is 2. The summed E-state index contributed by atoms with van der Waals surface area (Å²) in [6.45, 7) is 7.23. The molecular formula is C37H38N4O3S. The Bertz CT molecular complexity index is 1850. The summed E-state index contributed by atoms with van der Waals surface area (Å²) in [4.78, 5) is 29.3. The molecule has 0 fully saturated rings. The second kappa shape index (κ2) is 13.6. The number of carbonyl (C=O) groups is 1. The summed E-state index contributed by atoms with van der Waals surface area (Å²) in [7, 11) is 0. The Balaban J connectivity index is 1.22. The van der Waals surface area contributed by atoms with Crippen LogP contribution in [0.15, 0.2) is 48.5 Å². The first-order valence-corrected chi connectivity index (χ1v) is 16.1. The van der Waals surface area contributed by atoms with Gasteiger partial charge in [-0.2, -0.15) is 12.6 Å². The van der Waals surface area contributed by atoms with Gasteiger partial charge in [0, 0.05) is 33.4 Å². The molecule has 0 amide bonds. The Kier molecular flexibility index (Phi) is 9.21. The number of hydrogen-bond donors (Lipinski definition) is 3. The monoisotopic (exact) mass is 618 g/mol. The third kappa shape index (κ3) is 6.76. The molecule has 2 aliphatic rings. The van der Waals surface area contributed by atoms with E-state index in [-0.39, 0.29) is 5.97 Å². The van der Waals surface area contributed by atoms with Crippen LogP contribution in [-0.4, -0.2) is 44.9 Å². The van der Waals surface area contributed by atoms with Crippen LogP contribution in [0.2, 0.25) is 0 Å². The SMILES string of the molecule is Cc1c2nc(c(C)c3ccc([nH]3)c(CCCCCOc3ccc(C(=O)OCCS)cc3)c3ccc([nH]3)c(C)c3nc1C=C3)C=C2. The van der Waals surface area contributed by atoms with Crippen molar-refractivity contribution in [3.05, 3.63) is 99.1 Å². The maximum absolute atomic E-state index is 12.0. The van der Waals surface area contributed by atoms with Crippen molar-refractivity contribution in [2.45, 2.75) is 46.5 Å². The molecule has 0 radical (unpaired) electrons. The fraction of sp³-hybridized carbons (Fsp3) is 0.270. The molecule has 0 spiro atoms. The van der Waals surface area contributed by atoms with Gasteiger partial charge in [0.2, 0.25) is 0 Å². The van der Waals surface area contributed by atoms with Crippen molar-refractivity contribution in [2.24, 2.45) is 0 Å². The Labute approximate surface area is 268 Å². The van der Waals surface area contributed by atoms with Crippen molar-refractivity contribution in [3.8, 4) is 5.75 Å². The van der Waals surface area contributed by atoms with Gasteiger partial charge in [-0.05, 0) is 136 Å². The van der Waals surface area contributed by atoms with Gasteiger partial charge in [-0.15, -0.1) is 0 Å². The molecule has 0 unspecified atom stereocenters. The molecule has 5 heterocycles. The molecule has 45 heavy (non-hydrogen) atoms. The minimum Gasteiger partial charge on any atom is -0.494 e. The lowest BCUT2D eigenvalue weighted by molar-refractivity contribution is 0.0530. The van der Waals surface area contributed by atoms with E-state index in [4.69, 9.17) is 19.4 Å². The zero-order valence-corrected chi connectivity index (χ0v) is 26.8. The van der Waals surface area contributed by atoms with E-state index in [2.05, 4.69) is 91.9 Å². The van der Waals surface area contributed by atoms with Crippen molar-refractivity contribution in [2.75, 3.05) is 19.0 Å². The van der Waals surface area contributed by atoms with Crippen LogP contribution in [0.3, 0.4) is 0 Å². The Hall–Kier alpha value is -4.56. The van der Waals surface area contributed by atoms with Crippen molar-refractivity contribution in [1.82, 2.24) is 19.9 Å². The summed E-state index contributed by atoms with van der Waals surface area (Å²) >= 11 is 4.07. The summed E-state index contributed by atoms with van der Waals surface area (Å²) in [5.41, 5.74) is 13.2. The van der Waals surface area contributed by atoms with E-state index in [9.17, 15) is 4.79 Å². The smallest absolute Gasteiger partial charge is 0.338 e. The number of unbranched alkanes of at least 4 members (excludes halogenated alkanes) is 2. The number of fused-ring (bicyclic) bond motifs is 8. The summed E-state index contributed by atoms with van der Waals surface area (Å²) in [5.74, 6) is 0.902. The van der Waals surface area contributed by atoms with Gasteiger partial charge < -0.3 is 19.4 Å². The van der Waals surface area contributed by atoms with Crippen LogP contribution in [0.1, 0.15) is 74.6 Å². The quantitative estimate of drug-likeness (QED) is 0.0814. The number of esters is 1. The van der Waals surface area contributed by atoms with Crippen molar-refractivity contribution < 1.29 is 14.3 Å². The third-order valence-electron chi connectivity index (χ3n) is 8.40. The van der Waals surface area contributed by atoms with E-state index >= 15 is 0 Å². The standard InChI is InChI=1S/C37H38N4O3S/c1-23-29-12-14-31(38-29)24(2)33-16-18-35(40-33)28(36-19-17-34(41-36)25(3)32-15-13-30(23)39-32)7-5-4-6-20-43-27-10-8-26(9-11-27)37(42)44-21-22-45/h8-19,40-41,45H,4-7,20-22H2,1-3H3. The highest BCUT2D eigenvalue weighted by molar-refractivity contribution is 7.80. The van der Waals surface area contributed by atoms with E-state index in [0.717, 1.165) is 93.0 Å². The molecule has 6 rings (SSSR count). The number of ether oxygens (including phenoxy) is 2. The predicted octanol–water partition coefficient (Wildman–Crippen LogP) is 8.46. The van der Waals surface area contributed by atoms with Gasteiger partial charge in [0.15, 0.2) is 0 Å². The summed E-state index contributed by atoms with van der Waals surface area (Å²) in [5, 5.41) is 0. The molecule has 4 aromatic rings. The molecule has 2 aliphatic heterocycles. The Morgan fingerprint density at radius 3 is 1.76 bits per heavy atom. The molecule has 8 heteroatoms. The van der Waals surface area contributed by atoms with Gasteiger partial charge in [0.1, 0.15) is 12.4 Å². The van der Waals surface area contributed by atoms with Gasteiger partial charge >= 0.3 is 5.97 Å². The number of benzene rings is 1. The zero-order valence-electron chi connectivity index (χ0n) is 25.9. The van der Waals surface area contributed by atoms with Gasteiger partial charge in [-0.3, -0.25) is 0 Å². The summed E-state index contributed by atoms with van der Waals surface area (Å²) in [6, 6.07) is 15.7. The lowest BCUT2D eigenvalue weighted by Gasteiger charge is -2.08. The van der Waals surface area contributed by atoms with Crippen LogP contribution < -0.4 is 4.74 Å². The second-order valence-electron chi connectivity index (χ2n) is 11.4. The van der Waals surface area contributed by atoms with Crippen LogP contribution in [-0.2, 0) is 11.2 Å². The zero-order chi connectivity index (χ0) is 31.3. The largest absolute Gasteiger partial charge is 0.494 e. The molecular weight excluding hydrogens is 580 g/mol. The Morgan fingerprint density at radius 2 is 1.20 bits per heavy atom. The van der Waals surface area contributed by atoms with E-state index in [0.29, 0.717) is 24.5 Å². The van der Waals surface area contributed by atoms with Crippen LogP contribution >= 0.6 is 12.6 Å². The van der Waals surface area contributed by atoms with E-state index in [1.54, 1.807) is 12.1 Å². The first kappa shape index (κ1) is 30.5. The third-order valence-corrected chi connectivity index (χ3v) is 8.58. The normalized spacial score (nSPS) is 12.1. The van der Waals surface area contributed by atoms with Gasteiger partial charge in [0.25, 0.3) is 0 Å². The minimum absolute atomic E-state index is 0.296. The number of thiol groups is 1. The van der Waals surface area contributed by atoms with Crippen molar-refractivity contribution >= 4 is 65.0 Å². The number of aromatic nitrogens is 4. The van der Waals surface area contributed by atoms with Gasteiger partial charge in [-0.1, -0.05) is 0 Å². The fourth-order valence-corrected chi connectivity index (χ4v) is 5.73. The fourth-order valence-electron chi connectivity index (χ4n) is 5.64. The second-order valence-corrected chi connectivity index (χ2v) is 11.8. The van der Waals surface area contributed by atoms with Crippen molar-refractivity contribution in [1.29, 1.82) is 0 Å². The average molecular weight is 619 g/mol. The highest BCUT2D eigenvalue weighted by Gasteiger charge is 2.12. The summed E-state index contributed by atoms with van der Waals surface area (Å²) < 4.78 is 11.1. The van der Waals surface area contributed by atoms with E-state index in [1.807, 2.05) is 12.1 Å². The molecule has 7 nitrogen and oxygen atoms in total. The minimum atomic E-state index is -0.344. The number of aromatic amines is 2. The maximum Gasteiger partial charge on any atom is 0.338 e. The lowest BCUT2D eigenvalue weighted by atomic mass is 10.1.